The van der Waals surface area contributed by atoms with Gasteiger partial charge in [0.15, 0.2) is 0 Å². The third kappa shape index (κ3) is 2.69. The Kier molecular flexibility index (Phi) is 3.97. The van der Waals surface area contributed by atoms with Gasteiger partial charge in [-0.05, 0) is 18.3 Å². The van der Waals surface area contributed by atoms with E-state index in [2.05, 4.69) is 0 Å². The summed E-state index contributed by atoms with van der Waals surface area (Å²) in [4.78, 5) is 14.5. The van der Waals surface area contributed by atoms with Gasteiger partial charge in [-0.3, -0.25) is 4.79 Å². The van der Waals surface area contributed by atoms with Crippen molar-refractivity contribution in [3.63, 3.8) is 0 Å². The zero-order valence-electron chi connectivity index (χ0n) is 11.8. The number of carbonyl (C=O) groups excluding carboxylic acids is 1. The van der Waals surface area contributed by atoms with E-state index in [0.29, 0.717) is 13.2 Å². The number of hydrogen-bond donors (Lipinski definition) is 1. The fourth-order valence-corrected chi connectivity index (χ4v) is 2.92. The molecule has 0 radical (unpaired) electrons. The molecule has 3 atom stereocenters. The topological polar surface area (TPSA) is 55.6 Å². The van der Waals surface area contributed by atoms with Crippen molar-refractivity contribution >= 4 is 5.91 Å². The molecule has 1 saturated carbocycles. The lowest BCUT2D eigenvalue weighted by Gasteiger charge is -2.45. The van der Waals surface area contributed by atoms with Crippen LogP contribution in [0.1, 0.15) is 46.5 Å². The minimum atomic E-state index is -0.418. The first-order valence-electron chi connectivity index (χ1n) is 7.09. The highest BCUT2D eigenvalue weighted by Gasteiger charge is 2.40. The number of hydrogen-bond acceptors (Lipinski definition) is 3. The maximum atomic E-state index is 12.5. The maximum Gasteiger partial charge on any atom is 0.240 e. The van der Waals surface area contributed by atoms with Crippen LogP contribution in [0.4, 0.5) is 0 Å². The summed E-state index contributed by atoms with van der Waals surface area (Å²) in [6.07, 6.45) is 4.80. The normalized spacial score (nSPS) is 30.8. The first-order valence-corrected chi connectivity index (χ1v) is 7.09. The van der Waals surface area contributed by atoms with Gasteiger partial charge in [-0.15, -0.1) is 0 Å². The van der Waals surface area contributed by atoms with Crippen LogP contribution in [-0.2, 0) is 9.53 Å². The Hall–Kier alpha value is -0.610. The van der Waals surface area contributed by atoms with Crippen LogP contribution in [0.25, 0.3) is 0 Å². The zero-order valence-corrected chi connectivity index (χ0v) is 11.8. The summed E-state index contributed by atoms with van der Waals surface area (Å²) in [5.41, 5.74) is 5.93. The van der Waals surface area contributed by atoms with Crippen molar-refractivity contribution in [1.82, 2.24) is 4.90 Å². The maximum absolute atomic E-state index is 12.5. The van der Waals surface area contributed by atoms with Gasteiger partial charge >= 0.3 is 0 Å². The van der Waals surface area contributed by atoms with Gasteiger partial charge in [-0.25, -0.2) is 0 Å². The van der Waals surface area contributed by atoms with Crippen molar-refractivity contribution < 1.29 is 9.53 Å². The monoisotopic (exact) mass is 254 g/mol. The molecule has 2 aliphatic rings. The van der Waals surface area contributed by atoms with Gasteiger partial charge in [0, 0.05) is 6.54 Å². The second kappa shape index (κ2) is 5.17. The molecule has 0 spiro atoms. The molecule has 0 bridgehead atoms. The first-order chi connectivity index (χ1) is 8.41. The molecule has 2 rings (SSSR count). The molecule has 2 fully saturated rings. The lowest BCUT2D eigenvalue weighted by atomic mass is 9.84. The molecule has 4 heteroatoms. The van der Waals surface area contributed by atoms with Crippen molar-refractivity contribution in [2.75, 3.05) is 13.2 Å². The van der Waals surface area contributed by atoms with E-state index in [4.69, 9.17) is 10.5 Å². The Morgan fingerprint density at radius 2 is 2.00 bits per heavy atom. The standard InChI is InChI=1S/C14H26N2O2/c1-14(2,3)12(15)13(17)16-8-9-18-11-7-5-4-6-10(11)16/h10-12H,4-9,15H2,1-3H3/t10?,11?,12-/m1/s1. The Morgan fingerprint density at radius 1 is 1.33 bits per heavy atom. The lowest BCUT2D eigenvalue weighted by Crippen LogP contribution is -2.60. The zero-order chi connectivity index (χ0) is 13.3. The van der Waals surface area contributed by atoms with Gasteiger partial charge < -0.3 is 15.4 Å². The van der Waals surface area contributed by atoms with Crippen LogP contribution in [0.15, 0.2) is 0 Å². The smallest absolute Gasteiger partial charge is 0.240 e. The highest BCUT2D eigenvalue weighted by Crippen LogP contribution is 2.30. The summed E-state index contributed by atoms with van der Waals surface area (Å²) in [6, 6.07) is -0.161. The van der Waals surface area contributed by atoms with Crippen molar-refractivity contribution in [2.45, 2.75) is 64.6 Å². The Morgan fingerprint density at radius 3 is 2.67 bits per heavy atom. The van der Waals surface area contributed by atoms with E-state index in [1.165, 1.54) is 12.8 Å². The Balaban J connectivity index is 2.09. The molecule has 104 valence electrons. The van der Waals surface area contributed by atoms with E-state index >= 15 is 0 Å². The second-order valence-corrected chi connectivity index (χ2v) is 6.64. The molecule has 0 aromatic carbocycles. The van der Waals surface area contributed by atoms with Crippen molar-refractivity contribution in [3.8, 4) is 0 Å². The van der Waals surface area contributed by atoms with Crippen molar-refractivity contribution in [3.05, 3.63) is 0 Å². The predicted molar refractivity (Wildman–Crippen MR) is 71.1 cm³/mol. The summed E-state index contributed by atoms with van der Waals surface area (Å²) in [6.45, 7) is 7.42. The summed E-state index contributed by atoms with van der Waals surface area (Å²) in [5, 5.41) is 0. The third-order valence-corrected chi connectivity index (χ3v) is 4.21. The number of morpholine rings is 1. The van der Waals surface area contributed by atoms with Gasteiger partial charge in [0.25, 0.3) is 0 Å². The van der Waals surface area contributed by atoms with E-state index in [9.17, 15) is 4.79 Å². The van der Waals surface area contributed by atoms with E-state index in [-0.39, 0.29) is 23.5 Å². The summed E-state index contributed by atoms with van der Waals surface area (Å²) in [5.74, 6) is 0.0997. The Bertz CT molecular complexity index is 309. The molecular formula is C14H26N2O2. The van der Waals surface area contributed by atoms with E-state index in [0.717, 1.165) is 12.8 Å². The molecule has 1 aliphatic heterocycles. The molecule has 0 aromatic rings. The molecule has 1 heterocycles. The predicted octanol–water partition coefficient (Wildman–Crippen LogP) is 1.53. The van der Waals surface area contributed by atoms with Gasteiger partial charge in [-0.2, -0.15) is 0 Å². The highest BCUT2D eigenvalue weighted by atomic mass is 16.5. The van der Waals surface area contributed by atoms with Crippen LogP contribution >= 0.6 is 0 Å². The largest absolute Gasteiger partial charge is 0.374 e. The van der Waals surface area contributed by atoms with E-state index in [1.54, 1.807) is 0 Å². The van der Waals surface area contributed by atoms with Crippen LogP contribution < -0.4 is 5.73 Å². The van der Waals surface area contributed by atoms with E-state index < -0.39 is 6.04 Å². The summed E-state index contributed by atoms with van der Waals surface area (Å²) >= 11 is 0. The van der Waals surface area contributed by atoms with Crippen LogP contribution in [0.5, 0.6) is 0 Å². The average Bonchev–Trinajstić information content (AvgIpc) is 2.35. The number of rotatable bonds is 1. The molecule has 1 saturated heterocycles. The SMILES string of the molecule is CC(C)(C)[C@H](N)C(=O)N1CCOC2CCCCC21. The summed E-state index contributed by atoms with van der Waals surface area (Å²) in [7, 11) is 0. The number of carbonyl (C=O) groups is 1. The number of nitrogens with two attached hydrogens (primary N) is 1. The van der Waals surface area contributed by atoms with Crippen molar-refractivity contribution in [1.29, 1.82) is 0 Å². The molecule has 4 nitrogen and oxygen atoms in total. The van der Waals surface area contributed by atoms with Gasteiger partial charge in [0.2, 0.25) is 5.91 Å². The fourth-order valence-electron chi connectivity index (χ4n) is 2.92. The van der Waals surface area contributed by atoms with Gasteiger partial charge in [0.1, 0.15) is 0 Å². The Labute approximate surface area is 110 Å². The van der Waals surface area contributed by atoms with Crippen LogP contribution in [0.2, 0.25) is 0 Å². The number of amides is 1. The molecule has 2 N–H and O–H groups in total. The third-order valence-electron chi connectivity index (χ3n) is 4.21. The first kappa shape index (κ1) is 13.8. The molecule has 18 heavy (non-hydrogen) atoms. The summed E-state index contributed by atoms with van der Waals surface area (Å²) < 4.78 is 5.79. The number of fused-ring (bicyclic) bond motifs is 1. The molecule has 1 amide bonds. The van der Waals surface area contributed by atoms with E-state index in [1.807, 2.05) is 25.7 Å². The molecule has 2 unspecified atom stereocenters. The van der Waals surface area contributed by atoms with Crippen LogP contribution in [0.3, 0.4) is 0 Å². The lowest BCUT2D eigenvalue weighted by molar-refractivity contribution is -0.153. The molecular weight excluding hydrogens is 228 g/mol. The molecule has 1 aliphatic carbocycles. The highest BCUT2D eigenvalue weighted by molar-refractivity contribution is 5.83. The van der Waals surface area contributed by atoms with Crippen molar-refractivity contribution in [2.24, 2.45) is 11.1 Å². The molecule has 0 aromatic heterocycles. The van der Waals surface area contributed by atoms with Crippen LogP contribution in [-0.4, -0.2) is 42.1 Å². The van der Waals surface area contributed by atoms with Gasteiger partial charge in [-0.1, -0.05) is 33.6 Å². The second-order valence-electron chi connectivity index (χ2n) is 6.64. The minimum Gasteiger partial charge on any atom is -0.374 e. The number of nitrogens with zero attached hydrogens (tertiary/aromatic N) is 1. The number of ether oxygens (including phenoxy) is 1. The van der Waals surface area contributed by atoms with Crippen LogP contribution in [0, 0.1) is 5.41 Å². The minimum absolute atomic E-state index is 0.0997. The average molecular weight is 254 g/mol. The fraction of sp³-hybridized carbons (Fsp3) is 0.929. The van der Waals surface area contributed by atoms with Gasteiger partial charge in [0.05, 0.1) is 24.8 Å². The quantitative estimate of drug-likeness (QED) is 0.772.